The van der Waals surface area contributed by atoms with Crippen LogP contribution in [-0.2, 0) is 11.2 Å². The molecule has 1 heterocycles. The highest BCUT2D eigenvalue weighted by Gasteiger charge is 2.09. The predicted molar refractivity (Wildman–Crippen MR) is 64.9 cm³/mol. The van der Waals surface area contributed by atoms with Gasteiger partial charge in [0.05, 0.1) is 6.26 Å². The second kappa shape index (κ2) is 4.91. The molecule has 1 unspecified atom stereocenters. The maximum atomic E-state index is 11.0. The van der Waals surface area contributed by atoms with Crippen molar-refractivity contribution in [2.75, 3.05) is 7.05 Å². The van der Waals surface area contributed by atoms with E-state index >= 15 is 0 Å². The van der Waals surface area contributed by atoms with Crippen LogP contribution >= 0.6 is 0 Å². The smallest absolute Gasteiger partial charge is 0.407 e. The number of ether oxygens (including phenoxy) is 1. The van der Waals surface area contributed by atoms with E-state index in [0.717, 1.165) is 16.5 Å². The highest BCUT2D eigenvalue weighted by molar-refractivity contribution is 5.77. The second-order valence-corrected chi connectivity index (χ2v) is 3.96. The van der Waals surface area contributed by atoms with Crippen LogP contribution in [0.15, 0.2) is 34.9 Å². The Balaban J connectivity index is 2.04. The molecule has 0 bridgehead atoms. The molecule has 0 radical (unpaired) electrons. The number of alkyl carbamates (subject to hydrolysis) is 1. The third-order valence-corrected chi connectivity index (χ3v) is 2.55. The quantitative estimate of drug-likeness (QED) is 0.886. The molecule has 0 saturated heterocycles. The van der Waals surface area contributed by atoms with Crippen LogP contribution in [-0.4, -0.2) is 19.2 Å². The highest BCUT2D eigenvalue weighted by Crippen LogP contribution is 2.18. The maximum absolute atomic E-state index is 11.0. The predicted octanol–water partition coefficient (Wildman–Crippen LogP) is 2.72. The molecule has 0 aliphatic carbocycles. The molecule has 0 aliphatic heterocycles. The van der Waals surface area contributed by atoms with Gasteiger partial charge in [0, 0.05) is 18.9 Å². The molecule has 0 saturated carbocycles. The van der Waals surface area contributed by atoms with Crippen molar-refractivity contribution in [1.29, 1.82) is 0 Å². The summed E-state index contributed by atoms with van der Waals surface area (Å²) in [5, 5.41) is 3.50. The van der Waals surface area contributed by atoms with E-state index in [1.807, 2.05) is 31.2 Å². The molecule has 1 amide bonds. The SMILES string of the molecule is CNC(=O)OC(C)Cc1ccc2occc2c1. The van der Waals surface area contributed by atoms with Crippen molar-refractivity contribution in [2.24, 2.45) is 0 Å². The van der Waals surface area contributed by atoms with Crippen molar-refractivity contribution >= 4 is 17.1 Å². The van der Waals surface area contributed by atoms with Gasteiger partial charge in [-0.15, -0.1) is 0 Å². The van der Waals surface area contributed by atoms with Gasteiger partial charge in [-0.3, -0.25) is 0 Å². The molecule has 4 nitrogen and oxygen atoms in total. The highest BCUT2D eigenvalue weighted by atomic mass is 16.6. The van der Waals surface area contributed by atoms with E-state index < -0.39 is 6.09 Å². The number of hydrogen-bond donors (Lipinski definition) is 1. The van der Waals surface area contributed by atoms with Crippen LogP contribution in [0.5, 0.6) is 0 Å². The van der Waals surface area contributed by atoms with Crippen molar-refractivity contribution in [1.82, 2.24) is 5.32 Å². The van der Waals surface area contributed by atoms with Gasteiger partial charge in [0.15, 0.2) is 0 Å². The molecule has 2 rings (SSSR count). The minimum Gasteiger partial charge on any atom is -0.464 e. The Kier molecular flexibility index (Phi) is 3.32. The Bertz CT molecular complexity index is 518. The van der Waals surface area contributed by atoms with Crippen molar-refractivity contribution in [3.63, 3.8) is 0 Å². The molecule has 1 aromatic carbocycles. The number of nitrogens with one attached hydrogen (secondary N) is 1. The summed E-state index contributed by atoms with van der Waals surface area (Å²) in [5.74, 6) is 0. The van der Waals surface area contributed by atoms with E-state index in [2.05, 4.69) is 5.32 Å². The van der Waals surface area contributed by atoms with E-state index in [1.165, 1.54) is 0 Å². The molecule has 90 valence electrons. The standard InChI is InChI=1S/C13H15NO3/c1-9(17-13(15)14-2)7-10-3-4-12-11(8-10)5-6-16-12/h3-6,8-9H,7H2,1-2H3,(H,14,15). The monoisotopic (exact) mass is 233 g/mol. The van der Waals surface area contributed by atoms with Crippen LogP contribution in [0.1, 0.15) is 12.5 Å². The summed E-state index contributed by atoms with van der Waals surface area (Å²) in [6.07, 6.45) is 1.80. The number of benzene rings is 1. The number of amides is 1. The molecule has 1 N–H and O–H groups in total. The van der Waals surface area contributed by atoms with E-state index in [9.17, 15) is 4.79 Å². The molecule has 1 aromatic heterocycles. The number of rotatable bonds is 3. The van der Waals surface area contributed by atoms with Crippen molar-refractivity contribution in [2.45, 2.75) is 19.4 Å². The second-order valence-electron chi connectivity index (χ2n) is 3.96. The lowest BCUT2D eigenvalue weighted by atomic mass is 10.1. The van der Waals surface area contributed by atoms with E-state index in [4.69, 9.17) is 9.15 Å². The fourth-order valence-electron chi connectivity index (χ4n) is 1.76. The Morgan fingerprint density at radius 2 is 2.29 bits per heavy atom. The fraction of sp³-hybridized carbons (Fsp3) is 0.308. The average molecular weight is 233 g/mol. The molecular formula is C13H15NO3. The fourth-order valence-corrected chi connectivity index (χ4v) is 1.76. The first-order valence-electron chi connectivity index (χ1n) is 5.53. The molecule has 17 heavy (non-hydrogen) atoms. The molecular weight excluding hydrogens is 218 g/mol. The lowest BCUT2D eigenvalue weighted by molar-refractivity contribution is 0.109. The molecule has 0 fully saturated rings. The zero-order valence-electron chi connectivity index (χ0n) is 9.90. The lowest BCUT2D eigenvalue weighted by Gasteiger charge is -2.12. The van der Waals surface area contributed by atoms with E-state index in [0.29, 0.717) is 6.42 Å². The molecule has 0 aliphatic rings. The normalized spacial score (nSPS) is 12.4. The van der Waals surface area contributed by atoms with Gasteiger partial charge in [-0.05, 0) is 30.7 Å². The van der Waals surface area contributed by atoms with Crippen LogP contribution in [0.2, 0.25) is 0 Å². The summed E-state index contributed by atoms with van der Waals surface area (Å²) >= 11 is 0. The number of hydrogen-bond acceptors (Lipinski definition) is 3. The molecule has 1 atom stereocenters. The van der Waals surface area contributed by atoms with Gasteiger partial charge < -0.3 is 14.5 Å². The first-order valence-corrected chi connectivity index (χ1v) is 5.53. The average Bonchev–Trinajstić information content (AvgIpc) is 2.75. The topological polar surface area (TPSA) is 51.5 Å². The number of furan rings is 1. The molecule has 4 heteroatoms. The summed E-state index contributed by atoms with van der Waals surface area (Å²) in [4.78, 5) is 11.0. The minimum atomic E-state index is -0.401. The van der Waals surface area contributed by atoms with Gasteiger partial charge >= 0.3 is 6.09 Å². The Labute approximate surface area is 99.6 Å². The van der Waals surface area contributed by atoms with Crippen LogP contribution < -0.4 is 5.32 Å². The Hall–Kier alpha value is -1.97. The first-order chi connectivity index (χ1) is 8.19. The summed E-state index contributed by atoms with van der Waals surface area (Å²) in [6.45, 7) is 1.87. The van der Waals surface area contributed by atoms with Crippen LogP contribution in [0.25, 0.3) is 11.0 Å². The zero-order valence-corrected chi connectivity index (χ0v) is 9.90. The van der Waals surface area contributed by atoms with E-state index in [1.54, 1.807) is 13.3 Å². The summed E-state index contributed by atoms with van der Waals surface area (Å²) in [6, 6.07) is 7.87. The van der Waals surface area contributed by atoms with Gasteiger partial charge in [0.25, 0.3) is 0 Å². The molecule has 2 aromatic rings. The van der Waals surface area contributed by atoms with Gasteiger partial charge in [-0.2, -0.15) is 0 Å². The van der Waals surface area contributed by atoms with Crippen molar-refractivity contribution in [3.8, 4) is 0 Å². The summed E-state index contributed by atoms with van der Waals surface area (Å²) in [7, 11) is 1.55. The van der Waals surface area contributed by atoms with Crippen LogP contribution in [0, 0.1) is 0 Å². The maximum Gasteiger partial charge on any atom is 0.407 e. The zero-order chi connectivity index (χ0) is 12.3. The first kappa shape index (κ1) is 11.5. The number of carbonyl (C=O) groups is 1. The van der Waals surface area contributed by atoms with Gasteiger partial charge in [-0.1, -0.05) is 6.07 Å². The minimum absolute atomic E-state index is 0.153. The Morgan fingerprint density at radius 1 is 1.47 bits per heavy atom. The van der Waals surface area contributed by atoms with Gasteiger partial charge in [0.2, 0.25) is 0 Å². The van der Waals surface area contributed by atoms with Crippen LogP contribution in [0.3, 0.4) is 0 Å². The van der Waals surface area contributed by atoms with Crippen molar-refractivity contribution < 1.29 is 13.9 Å². The lowest BCUT2D eigenvalue weighted by Crippen LogP contribution is -2.25. The van der Waals surface area contributed by atoms with Gasteiger partial charge in [-0.25, -0.2) is 4.79 Å². The molecule has 0 spiro atoms. The number of fused-ring (bicyclic) bond motifs is 1. The third-order valence-electron chi connectivity index (χ3n) is 2.55. The van der Waals surface area contributed by atoms with Crippen molar-refractivity contribution in [3.05, 3.63) is 36.1 Å². The number of carbonyl (C=O) groups excluding carboxylic acids is 1. The summed E-state index contributed by atoms with van der Waals surface area (Å²) < 4.78 is 10.4. The van der Waals surface area contributed by atoms with Gasteiger partial charge in [0.1, 0.15) is 11.7 Å². The van der Waals surface area contributed by atoms with E-state index in [-0.39, 0.29) is 6.10 Å². The largest absolute Gasteiger partial charge is 0.464 e. The van der Waals surface area contributed by atoms with Crippen LogP contribution in [0.4, 0.5) is 4.79 Å². The third kappa shape index (κ3) is 2.78. The summed E-state index contributed by atoms with van der Waals surface area (Å²) in [5.41, 5.74) is 1.99. The Morgan fingerprint density at radius 3 is 3.06 bits per heavy atom.